The molecule has 0 unspecified atom stereocenters. The molecule has 6 heteroatoms. The molecule has 0 aromatic carbocycles. The first kappa shape index (κ1) is 18.6. The van der Waals surface area contributed by atoms with Crippen molar-refractivity contribution in [1.82, 2.24) is 0 Å². The number of thiophene rings is 1. The smallest absolute Gasteiger partial charge is 0.748 e. The molecule has 0 fully saturated rings. The van der Waals surface area contributed by atoms with Crippen molar-refractivity contribution in [1.29, 1.82) is 0 Å². The fraction of sp³-hybridized carbons (Fsp3) is 0.667. The molecular weight excluding hydrogens is 279 g/mol. The molecule has 0 amide bonds. The normalized spacial score (nSPS) is 11.2. The Bertz CT molecular complexity index is 387. The van der Waals surface area contributed by atoms with Crippen molar-refractivity contribution in [3.63, 3.8) is 0 Å². The van der Waals surface area contributed by atoms with Gasteiger partial charge in [0.05, 0.1) is 10.1 Å². The molecule has 0 aliphatic rings. The van der Waals surface area contributed by atoms with E-state index in [1.807, 2.05) is 0 Å². The van der Waals surface area contributed by atoms with E-state index in [1.54, 1.807) is 11.3 Å². The fourth-order valence-corrected chi connectivity index (χ4v) is 3.01. The standard InChI is InChI=1S/C12H20O3S2.Na/c13-17(14,15)10-6-4-2-1-3-5-7-12-8-9-16-11-12;/h8-9,11H,1-7,10H2,(H,13,14,15);/q;+1/p-1. The summed E-state index contributed by atoms with van der Waals surface area (Å²) in [4.78, 5) is 0. The SMILES string of the molecule is O=S(=O)([O-])CCCCCCCCc1ccsc1.[Na+]. The maximum absolute atomic E-state index is 10.3. The summed E-state index contributed by atoms with van der Waals surface area (Å²) < 4.78 is 31.0. The zero-order valence-electron chi connectivity index (χ0n) is 10.9. The molecule has 0 radical (unpaired) electrons. The van der Waals surface area contributed by atoms with Gasteiger partial charge < -0.3 is 4.55 Å². The maximum Gasteiger partial charge on any atom is 1.00 e. The van der Waals surface area contributed by atoms with Gasteiger partial charge in [-0.05, 0) is 41.7 Å². The summed E-state index contributed by atoms with van der Waals surface area (Å²) >= 11 is 1.73. The van der Waals surface area contributed by atoms with Crippen LogP contribution >= 0.6 is 11.3 Å². The van der Waals surface area contributed by atoms with Crippen molar-refractivity contribution in [2.75, 3.05) is 5.75 Å². The zero-order valence-corrected chi connectivity index (χ0v) is 14.6. The molecule has 1 rings (SSSR count). The van der Waals surface area contributed by atoms with E-state index in [9.17, 15) is 13.0 Å². The molecule has 0 atom stereocenters. The number of aryl methyl sites for hydroxylation is 1. The van der Waals surface area contributed by atoms with E-state index in [1.165, 1.54) is 18.4 Å². The third kappa shape index (κ3) is 10.5. The second kappa shape index (κ2) is 10.4. The van der Waals surface area contributed by atoms with E-state index in [0.29, 0.717) is 6.42 Å². The molecule has 0 bridgehead atoms. The van der Waals surface area contributed by atoms with Crippen LogP contribution in [0.4, 0.5) is 0 Å². The molecule has 1 aromatic rings. The molecule has 0 aliphatic heterocycles. The Morgan fingerprint density at radius 3 is 2.22 bits per heavy atom. The topological polar surface area (TPSA) is 57.2 Å². The maximum atomic E-state index is 10.3. The van der Waals surface area contributed by atoms with Gasteiger partial charge in [-0.1, -0.05) is 25.7 Å². The van der Waals surface area contributed by atoms with Crippen LogP contribution < -0.4 is 29.6 Å². The van der Waals surface area contributed by atoms with Gasteiger partial charge in [-0.3, -0.25) is 0 Å². The average Bonchev–Trinajstić information content (AvgIpc) is 2.73. The minimum atomic E-state index is -4.00. The second-order valence-corrected chi connectivity index (χ2v) is 6.57. The summed E-state index contributed by atoms with van der Waals surface area (Å²) in [5, 5.41) is 4.28. The van der Waals surface area contributed by atoms with E-state index in [2.05, 4.69) is 16.8 Å². The van der Waals surface area contributed by atoms with Crippen LogP contribution in [-0.2, 0) is 16.5 Å². The number of rotatable bonds is 9. The van der Waals surface area contributed by atoms with Gasteiger partial charge >= 0.3 is 29.6 Å². The van der Waals surface area contributed by atoms with E-state index in [4.69, 9.17) is 0 Å². The van der Waals surface area contributed by atoms with Crippen molar-refractivity contribution in [3.8, 4) is 0 Å². The van der Waals surface area contributed by atoms with Crippen molar-refractivity contribution in [2.24, 2.45) is 0 Å². The molecule has 0 spiro atoms. The molecule has 1 heterocycles. The summed E-state index contributed by atoms with van der Waals surface area (Å²) in [5.74, 6) is -0.206. The van der Waals surface area contributed by atoms with E-state index >= 15 is 0 Å². The summed E-state index contributed by atoms with van der Waals surface area (Å²) in [6.45, 7) is 0. The molecule has 98 valence electrons. The van der Waals surface area contributed by atoms with Crippen LogP contribution in [0.3, 0.4) is 0 Å². The zero-order chi connectivity index (χ0) is 12.6. The Morgan fingerprint density at radius 1 is 1.06 bits per heavy atom. The van der Waals surface area contributed by atoms with Crippen molar-refractivity contribution >= 4 is 21.5 Å². The van der Waals surface area contributed by atoms with Gasteiger partial charge in [0.15, 0.2) is 0 Å². The van der Waals surface area contributed by atoms with Crippen molar-refractivity contribution < 1.29 is 42.5 Å². The predicted molar refractivity (Wildman–Crippen MR) is 70.3 cm³/mol. The molecular formula is C12H19NaO3S2. The largest absolute Gasteiger partial charge is 1.00 e. The van der Waals surface area contributed by atoms with Gasteiger partial charge in [0, 0.05) is 5.75 Å². The van der Waals surface area contributed by atoms with Crippen LogP contribution in [0.15, 0.2) is 16.8 Å². The summed E-state index contributed by atoms with van der Waals surface area (Å²) in [7, 11) is -4.00. The summed E-state index contributed by atoms with van der Waals surface area (Å²) in [6.07, 6.45) is 7.02. The molecule has 1 aromatic heterocycles. The van der Waals surface area contributed by atoms with E-state index in [0.717, 1.165) is 25.7 Å². The molecule has 0 saturated heterocycles. The number of hydrogen-bond acceptors (Lipinski definition) is 4. The monoisotopic (exact) mass is 298 g/mol. The van der Waals surface area contributed by atoms with Crippen LogP contribution in [0.1, 0.15) is 44.1 Å². The quantitative estimate of drug-likeness (QED) is 0.371. The van der Waals surface area contributed by atoms with Crippen LogP contribution in [0.25, 0.3) is 0 Å². The summed E-state index contributed by atoms with van der Waals surface area (Å²) in [5.41, 5.74) is 1.41. The Labute approximate surface area is 136 Å². The van der Waals surface area contributed by atoms with E-state index in [-0.39, 0.29) is 35.3 Å². The molecule has 3 nitrogen and oxygen atoms in total. The van der Waals surface area contributed by atoms with Crippen LogP contribution in [0.5, 0.6) is 0 Å². The first-order chi connectivity index (χ1) is 8.08. The van der Waals surface area contributed by atoms with E-state index < -0.39 is 10.1 Å². The Kier molecular flexibility index (Phi) is 10.8. The Hall–Kier alpha value is 0.610. The third-order valence-corrected chi connectivity index (χ3v) is 4.21. The summed E-state index contributed by atoms with van der Waals surface area (Å²) in [6, 6.07) is 2.16. The van der Waals surface area contributed by atoms with Crippen LogP contribution in [0.2, 0.25) is 0 Å². The Balaban J connectivity index is 0.00000289. The molecule has 0 aliphatic carbocycles. The first-order valence-electron chi connectivity index (χ1n) is 6.02. The van der Waals surface area contributed by atoms with Crippen molar-refractivity contribution in [3.05, 3.63) is 22.4 Å². The minimum absolute atomic E-state index is 0. The van der Waals surface area contributed by atoms with Gasteiger partial charge in [-0.15, -0.1) is 0 Å². The third-order valence-electron chi connectivity index (χ3n) is 2.69. The number of unbranched alkanes of at least 4 members (excludes halogenated alkanes) is 5. The van der Waals surface area contributed by atoms with Gasteiger partial charge in [0.1, 0.15) is 0 Å². The fourth-order valence-electron chi connectivity index (χ4n) is 1.75. The predicted octanol–water partition coefficient (Wildman–Crippen LogP) is 0.180. The average molecular weight is 298 g/mol. The van der Waals surface area contributed by atoms with Crippen LogP contribution in [-0.4, -0.2) is 18.7 Å². The molecule has 0 saturated carbocycles. The van der Waals surface area contributed by atoms with Gasteiger partial charge in [0.25, 0.3) is 0 Å². The van der Waals surface area contributed by atoms with Gasteiger partial charge in [0.2, 0.25) is 0 Å². The number of hydrogen-bond donors (Lipinski definition) is 0. The van der Waals surface area contributed by atoms with Crippen molar-refractivity contribution in [2.45, 2.75) is 44.9 Å². The van der Waals surface area contributed by atoms with Crippen LogP contribution in [0, 0.1) is 0 Å². The minimum Gasteiger partial charge on any atom is -0.748 e. The molecule has 18 heavy (non-hydrogen) atoms. The second-order valence-electron chi connectivity index (χ2n) is 4.26. The van der Waals surface area contributed by atoms with Gasteiger partial charge in [-0.25, -0.2) is 8.42 Å². The van der Waals surface area contributed by atoms with Gasteiger partial charge in [-0.2, -0.15) is 11.3 Å². The first-order valence-corrected chi connectivity index (χ1v) is 8.54. The molecule has 0 N–H and O–H groups in total. The Morgan fingerprint density at radius 2 is 1.67 bits per heavy atom.